The molecule has 0 aliphatic heterocycles. The number of hydrogen-bond acceptors (Lipinski definition) is 4. The second kappa shape index (κ2) is 7.76. The van der Waals surface area contributed by atoms with Crippen LogP contribution in [0.4, 0.5) is 0 Å². The van der Waals surface area contributed by atoms with Crippen molar-refractivity contribution in [2.45, 2.75) is 19.6 Å². The molecule has 0 aliphatic rings. The smallest absolute Gasteiger partial charge is 0.160 e. The van der Waals surface area contributed by atoms with Crippen molar-refractivity contribution in [1.29, 1.82) is 0 Å². The van der Waals surface area contributed by atoms with Gasteiger partial charge in [0, 0.05) is 18.7 Å². The van der Waals surface area contributed by atoms with Gasteiger partial charge in [0.2, 0.25) is 0 Å². The fraction of sp³-hybridized carbons (Fsp3) is 0.316. The molecular formula is C19H21ClN2O3. The molecule has 0 amide bonds. The van der Waals surface area contributed by atoms with Crippen molar-refractivity contribution < 1.29 is 14.2 Å². The molecule has 0 N–H and O–H groups in total. The largest absolute Gasteiger partial charge is 0.493 e. The molecule has 3 rings (SSSR count). The maximum atomic E-state index is 6.16. The van der Waals surface area contributed by atoms with Gasteiger partial charge in [0.1, 0.15) is 12.4 Å². The number of rotatable bonds is 7. The van der Waals surface area contributed by atoms with Crippen LogP contribution < -0.4 is 9.47 Å². The molecule has 0 saturated carbocycles. The number of hydrogen-bond donors (Lipinski definition) is 0. The molecule has 3 aromatic rings. The van der Waals surface area contributed by atoms with E-state index in [1.165, 1.54) is 0 Å². The maximum absolute atomic E-state index is 6.16. The maximum Gasteiger partial charge on any atom is 0.160 e. The molecule has 0 radical (unpaired) electrons. The second-order valence-electron chi connectivity index (χ2n) is 5.69. The Hall–Kier alpha value is -2.24. The van der Waals surface area contributed by atoms with Crippen LogP contribution in [0.3, 0.4) is 0 Å². The predicted octanol–water partition coefficient (Wildman–Crippen LogP) is 4.10. The lowest BCUT2D eigenvalue weighted by Crippen LogP contribution is -2.07. The highest BCUT2D eigenvalue weighted by Crippen LogP contribution is 2.28. The first-order valence-electron chi connectivity index (χ1n) is 8.00. The number of benzene rings is 2. The lowest BCUT2D eigenvalue weighted by Gasteiger charge is -2.12. The number of aromatic nitrogens is 2. The van der Waals surface area contributed by atoms with Gasteiger partial charge >= 0.3 is 0 Å². The van der Waals surface area contributed by atoms with Crippen molar-refractivity contribution in [3.63, 3.8) is 0 Å². The first kappa shape index (κ1) is 17.6. The molecule has 0 atom stereocenters. The minimum absolute atomic E-state index is 0.457. The summed E-state index contributed by atoms with van der Waals surface area (Å²) >= 11 is 6.16. The van der Waals surface area contributed by atoms with E-state index < -0.39 is 0 Å². The minimum Gasteiger partial charge on any atom is -0.493 e. The Balaban J connectivity index is 1.89. The van der Waals surface area contributed by atoms with Crippen molar-refractivity contribution in [1.82, 2.24) is 9.55 Å². The third kappa shape index (κ3) is 3.72. The van der Waals surface area contributed by atoms with Gasteiger partial charge < -0.3 is 18.8 Å². The van der Waals surface area contributed by atoms with Crippen molar-refractivity contribution in [3.05, 3.63) is 52.8 Å². The summed E-state index contributed by atoms with van der Waals surface area (Å²) in [6, 6.07) is 11.7. The van der Waals surface area contributed by atoms with Crippen LogP contribution in [0.25, 0.3) is 11.0 Å². The predicted molar refractivity (Wildman–Crippen MR) is 98.7 cm³/mol. The fourth-order valence-electron chi connectivity index (χ4n) is 2.91. The highest BCUT2D eigenvalue weighted by Gasteiger charge is 2.12. The third-order valence-electron chi connectivity index (χ3n) is 4.13. The summed E-state index contributed by atoms with van der Waals surface area (Å²) in [6.45, 7) is 1.23. The number of methoxy groups -OCH3 is 3. The van der Waals surface area contributed by atoms with Gasteiger partial charge in [-0.3, -0.25) is 0 Å². The summed E-state index contributed by atoms with van der Waals surface area (Å²) in [6.07, 6.45) is 0.828. The Kier molecular flexibility index (Phi) is 5.46. The molecule has 25 heavy (non-hydrogen) atoms. The standard InChI is InChI=1S/C19H21ClN2O3/c1-23-12-19-21-15-6-5-14(20)11-16(15)22(19)9-8-13-4-7-17(24-2)18(10-13)25-3/h4-7,10-11H,8-9,12H2,1-3H3. The highest BCUT2D eigenvalue weighted by atomic mass is 35.5. The van der Waals surface area contributed by atoms with Crippen LogP contribution in [-0.4, -0.2) is 30.9 Å². The first-order valence-corrected chi connectivity index (χ1v) is 8.38. The van der Waals surface area contributed by atoms with Crippen LogP contribution in [0, 0.1) is 0 Å². The average molecular weight is 361 g/mol. The molecule has 0 fully saturated rings. The van der Waals surface area contributed by atoms with Gasteiger partial charge in [-0.15, -0.1) is 0 Å². The zero-order valence-corrected chi connectivity index (χ0v) is 15.3. The molecule has 1 aromatic heterocycles. The molecule has 0 bridgehead atoms. The topological polar surface area (TPSA) is 45.5 Å². The fourth-order valence-corrected chi connectivity index (χ4v) is 3.08. The summed E-state index contributed by atoms with van der Waals surface area (Å²) in [5.74, 6) is 2.35. The summed E-state index contributed by atoms with van der Waals surface area (Å²) in [5, 5.41) is 0.698. The van der Waals surface area contributed by atoms with E-state index in [1.54, 1.807) is 21.3 Å². The zero-order chi connectivity index (χ0) is 17.8. The summed E-state index contributed by atoms with van der Waals surface area (Å²) < 4.78 is 18.1. The van der Waals surface area contributed by atoms with E-state index in [1.807, 2.05) is 36.4 Å². The van der Waals surface area contributed by atoms with Crippen molar-refractivity contribution in [3.8, 4) is 11.5 Å². The van der Waals surface area contributed by atoms with Gasteiger partial charge in [-0.1, -0.05) is 17.7 Å². The highest BCUT2D eigenvalue weighted by molar-refractivity contribution is 6.31. The van der Waals surface area contributed by atoms with Crippen LogP contribution in [0.5, 0.6) is 11.5 Å². The number of halogens is 1. The van der Waals surface area contributed by atoms with Gasteiger partial charge in [0.25, 0.3) is 0 Å². The molecule has 6 heteroatoms. The Morgan fingerprint density at radius 1 is 1.00 bits per heavy atom. The van der Waals surface area contributed by atoms with Gasteiger partial charge in [-0.2, -0.15) is 0 Å². The molecule has 0 saturated heterocycles. The van der Waals surface area contributed by atoms with E-state index in [4.69, 9.17) is 25.8 Å². The molecular weight excluding hydrogens is 340 g/mol. The van der Waals surface area contributed by atoms with Crippen molar-refractivity contribution >= 4 is 22.6 Å². The lowest BCUT2D eigenvalue weighted by molar-refractivity contribution is 0.174. The Labute approximate surface area is 152 Å². The monoisotopic (exact) mass is 360 g/mol. The van der Waals surface area contributed by atoms with Crippen LogP contribution in [0.2, 0.25) is 5.02 Å². The normalized spacial score (nSPS) is 11.0. The summed E-state index contributed by atoms with van der Waals surface area (Å²) in [5.41, 5.74) is 3.09. The minimum atomic E-state index is 0.457. The molecule has 1 heterocycles. The number of fused-ring (bicyclic) bond motifs is 1. The number of nitrogens with zero attached hydrogens (tertiary/aromatic N) is 2. The Morgan fingerprint density at radius 3 is 2.52 bits per heavy atom. The van der Waals surface area contributed by atoms with E-state index in [2.05, 4.69) is 9.55 Å². The summed E-state index contributed by atoms with van der Waals surface area (Å²) in [7, 11) is 4.95. The lowest BCUT2D eigenvalue weighted by atomic mass is 10.1. The van der Waals surface area contributed by atoms with Gasteiger partial charge in [0.15, 0.2) is 11.5 Å². The second-order valence-corrected chi connectivity index (χ2v) is 6.12. The van der Waals surface area contributed by atoms with Crippen LogP contribution in [0.15, 0.2) is 36.4 Å². The Morgan fingerprint density at radius 2 is 1.80 bits per heavy atom. The number of aryl methyl sites for hydroxylation is 2. The zero-order valence-electron chi connectivity index (χ0n) is 14.6. The quantitative estimate of drug-likeness (QED) is 0.636. The molecule has 132 valence electrons. The average Bonchev–Trinajstić information content (AvgIpc) is 2.96. The SMILES string of the molecule is COCc1nc2ccc(Cl)cc2n1CCc1ccc(OC)c(OC)c1. The molecule has 2 aromatic carbocycles. The molecule has 0 spiro atoms. The molecule has 5 nitrogen and oxygen atoms in total. The van der Waals surface area contributed by atoms with Crippen molar-refractivity contribution in [2.75, 3.05) is 21.3 Å². The van der Waals surface area contributed by atoms with Crippen LogP contribution in [-0.2, 0) is 24.3 Å². The van der Waals surface area contributed by atoms with E-state index >= 15 is 0 Å². The molecule has 0 aliphatic carbocycles. The third-order valence-corrected chi connectivity index (χ3v) is 4.37. The Bertz CT molecular complexity index is 876. The van der Waals surface area contributed by atoms with Crippen LogP contribution >= 0.6 is 11.6 Å². The molecule has 0 unspecified atom stereocenters. The van der Waals surface area contributed by atoms with E-state index in [9.17, 15) is 0 Å². The van der Waals surface area contributed by atoms with E-state index in [0.29, 0.717) is 11.6 Å². The van der Waals surface area contributed by atoms with Gasteiger partial charge in [-0.05, 0) is 42.3 Å². The van der Waals surface area contributed by atoms with E-state index in [0.717, 1.165) is 46.9 Å². The van der Waals surface area contributed by atoms with E-state index in [-0.39, 0.29) is 0 Å². The van der Waals surface area contributed by atoms with Gasteiger partial charge in [-0.25, -0.2) is 4.98 Å². The van der Waals surface area contributed by atoms with Crippen molar-refractivity contribution in [2.24, 2.45) is 0 Å². The van der Waals surface area contributed by atoms with Gasteiger partial charge in [0.05, 0.1) is 25.3 Å². The number of imidazole rings is 1. The first-order chi connectivity index (χ1) is 12.2. The summed E-state index contributed by atoms with van der Waals surface area (Å²) in [4.78, 5) is 4.65. The van der Waals surface area contributed by atoms with Crippen LogP contribution in [0.1, 0.15) is 11.4 Å². The number of ether oxygens (including phenoxy) is 3.